The second-order valence-corrected chi connectivity index (χ2v) is 16.6. The monoisotopic (exact) mass is 488 g/mol. The lowest BCUT2D eigenvalue weighted by atomic mass is 9.36. The van der Waals surface area contributed by atoms with Crippen LogP contribution in [-0.2, 0) is 0 Å². The topological polar surface area (TPSA) is 0 Å². The third kappa shape index (κ3) is 3.12. The number of hydrogen-bond donors (Lipinski definition) is 0. The van der Waals surface area contributed by atoms with E-state index in [0.29, 0.717) is 0 Å². The molecule has 9 fully saturated rings. The molecule has 9 aliphatic carbocycles. The summed E-state index contributed by atoms with van der Waals surface area (Å²) in [6.45, 7) is 0. The zero-order valence-corrected chi connectivity index (χ0v) is 23.4. The zero-order chi connectivity index (χ0) is 23.4. The van der Waals surface area contributed by atoms with E-state index in [9.17, 15) is 0 Å². The molecule has 0 N–H and O–H groups in total. The number of rotatable bonds is 0. The first-order valence-corrected chi connectivity index (χ1v) is 17.9. The Hall–Kier alpha value is 0. The van der Waals surface area contributed by atoms with Gasteiger partial charge in [0.05, 0.1) is 0 Å². The summed E-state index contributed by atoms with van der Waals surface area (Å²) >= 11 is 0. The van der Waals surface area contributed by atoms with E-state index in [2.05, 4.69) is 0 Å². The van der Waals surface area contributed by atoms with Gasteiger partial charge in [-0.2, -0.15) is 0 Å². The number of hydrogen-bond acceptors (Lipinski definition) is 0. The highest BCUT2D eigenvalue weighted by atomic mass is 14.7. The molecule has 0 spiro atoms. The van der Waals surface area contributed by atoms with Gasteiger partial charge in [-0.25, -0.2) is 0 Å². The van der Waals surface area contributed by atoms with E-state index in [0.717, 1.165) is 23.7 Å². The fourth-order valence-electron chi connectivity index (χ4n) is 15.8. The average molecular weight is 489 g/mol. The highest BCUT2D eigenvalue weighted by molar-refractivity contribution is 5.13. The lowest BCUT2D eigenvalue weighted by Crippen LogP contribution is -2.63. The van der Waals surface area contributed by atoms with Crippen molar-refractivity contribution in [1.29, 1.82) is 0 Å². The maximum absolute atomic E-state index is 1.73. The first-order valence-electron chi connectivity index (χ1n) is 17.9. The predicted molar refractivity (Wildman–Crippen MR) is 148 cm³/mol. The largest absolute Gasteiger partial charge is 0.0530 e. The second kappa shape index (κ2) is 8.75. The maximum atomic E-state index is 1.73. The van der Waals surface area contributed by atoms with Crippen molar-refractivity contribution in [2.24, 2.45) is 94.7 Å². The molecule has 0 aromatic rings. The van der Waals surface area contributed by atoms with Gasteiger partial charge in [-0.05, 0) is 172 Å². The molecule has 16 atom stereocenters. The third-order valence-corrected chi connectivity index (χ3v) is 16.2. The summed E-state index contributed by atoms with van der Waals surface area (Å²) in [4.78, 5) is 0. The molecule has 0 heteroatoms. The van der Waals surface area contributed by atoms with Crippen LogP contribution in [-0.4, -0.2) is 0 Å². The molecule has 9 aliphatic rings. The van der Waals surface area contributed by atoms with E-state index in [-0.39, 0.29) is 0 Å². The molecular formula is C36H56. The number of fused-ring (bicyclic) bond motifs is 12. The van der Waals surface area contributed by atoms with Crippen molar-refractivity contribution in [1.82, 2.24) is 0 Å². The van der Waals surface area contributed by atoms with Gasteiger partial charge >= 0.3 is 0 Å². The first-order chi connectivity index (χ1) is 17.9. The standard InChI is InChI=1S/C36H56/c1-5-13-25-21(9-1)22-10-2-6-14-26(22)32-20-34-30-18-8-16-28-24-12-4-3-11-23(24)27-15-7-17-29(35(27)36(28)30)33(34)19-31(25)32/h21-36H,1-20H2. The Balaban J connectivity index is 1.10. The van der Waals surface area contributed by atoms with Crippen LogP contribution in [0.3, 0.4) is 0 Å². The van der Waals surface area contributed by atoms with Crippen LogP contribution < -0.4 is 0 Å². The minimum absolute atomic E-state index is 1.16. The highest BCUT2D eigenvalue weighted by Crippen LogP contribution is 2.71. The van der Waals surface area contributed by atoms with Crippen LogP contribution in [0.4, 0.5) is 0 Å². The molecule has 0 nitrogen and oxygen atoms in total. The molecule has 0 aliphatic heterocycles. The van der Waals surface area contributed by atoms with Crippen LogP contribution in [0, 0.1) is 94.7 Å². The van der Waals surface area contributed by atoms with Crippen molar-refractivity contribution in [3.63, 3.8) is 0 Å². The second-order valence-electron chi connectivity index (χ2n) is 16.6. The smallest absolute Gasteiger partial charge is 0.0318 e. The lowest BCUT2D eigenvalue weighted by molar-refractivity contribution is -0.209. The Kier molecular flexibility index (Phi) is 5.54. The fourth-order valence-corrected chi connectivity index (χ4v) is 15.8. The van der Waals surface area contributed by atoms with Gasteiger partial charge in [0.2, 0.25) is 0 Å². The summed E-state index contributed by atoms with van der Waals surface area (Å²) in [5.41, 5.74) is 0. The summed E-state index contributed by atoms with van der Waals surface area (Å²) in [6.07, 6.45) is 32.6. The maximum Gasteiger partial charge on any atom is -0.0318 e. The summed E-state index contributed by atoms with van der Waals surface area (Å²) < 4.78 is 0. The Morgan fingerprint density at radius 3 is 0.778 bits per heavy atom. The van der Waals surface area contributed by atoms with Crippen molar-refractivity contribution in [2.45, 2.75) is 128 Å². The van der Waals surface area contributed by atoms with Gasteiger partial charge in [0.1, 0.15) is 0 Å². The van der Waals surface area contributed by atoms with Crippen molar-refractivity contribution in [3.05, 3.63) is 0 Å². The quantitative estimate of drug-likeness (QED) is 0.318. The summed E-state index contributed by atoms with van der Waals surface area (Å²) in [6, 6.07) is 0. The van der Waals surface area contributed by atoms with E-state index in [1.165, 1.54) is 71.0 Å². The summed E-state index contributed by atoms with van der Waals surface area (Å²) in [7, 11) is 0. The molecule has 0 aromatic carbocycles. The fraction of sp³-hybridized carbons (Fsp3) is 1.00. The molecule has 16 unspecified atom stereocenters. The summed E-state index contributed by atoms with van der Waals surface area (Å²) in [5, 5.41) is 0. The van der Waals surface area contributed by atoms with Crippen molar-refractivity contribution in [3.8, 4) is 0 Å². The highest BCUT2D eigenvalue weighted by Gasteiger charge is 2.64. The molecule has 0 heterocycles. The van der Waals surface area contributed by atoms with Gasteiger partial charge in [0.25, 0.3) is 0 Å². The van der Waals surface area contributed by atoms with Crippen LogP contribution in [0.5, 0.6) is 0 Å². The van der Waals surface area contributed by atoms with E-state index < -0.39 is 0 Å². The Bertz CT molecular complexity index is 760. The van der Waals surface area contributed by atoms with E-state index in [4.69, 9.17) is 0 Å². The van der Waals surface area contributed by atoms with Crippen molar-refractivity contribution < 1.29 is 0 Å². The molecule has 9 rings (SSSR count). The zero-order valence-electron chi connectivity index (χ0n) is 23.4. The van der Waals surface area contributed by atoms with Gasteiger partial charge in [-0.15, -0.1) is 0 Å². The minimum atomic E-state index is 1.16. The molecule has 9 saturated carbocycles. The Morgan fingerprint density at radius 1 is 0.194 bits per heavy atom. The van der Waals surface area contributed by atoms with Crippen molar-refractivity contribution in [2.75, 3.05) is 0 Å². The molecule has 200 valence electrons. The van der Waals surface area contributed by atoms with E-state index >= 15 is 0 Å². The Labute approximate surface area is 222 Å². The average Bonchev–Trinajstić information content (AvgIpc) is 2.96. The minimum Gasteiger partial charge on any atom is -0.0530 e. The van der Waals surface area contributed by atoms with Crippen LogP contribution in [0.15, 0.2) is 0 Å². The van der Waals surface area contributed by atoms with Gasteiger partial charge in [-0.3, -0.25) is 0 Å². The lowest BCUT2D eigenvalue weighted by Gasteiger charge is -2.69. The molecule has 36 heavy (non-hydrogen) atoms. The molecule has 0 saturated heterocycles. The normalized spacial score (nSPS) is 61.3. The van der Waals surface area contributed by atoms with Crippen molar-refractivity contribution >= 4 is 0 Å². The SMILES string of the molecule is C1CCC2C(C1)C1CCCCC1C1CC3C(CC21)C1CCCC2C4CCCCC4C4CCCC3C4C21. The van der Waals surface area contributed by atoms with Crippen LogP contribution in [0.25, 0.3) is 0 Å². The van der Waals surface area contributed by atoms with Gasteiger partial charge in [-0.1, -0.05) is 51.4 Å². The predicted octanol–water partition coefficient (Wildman–Crippen LogP) is 9.77. The van der Waals surface area contributed by atoms with Gasteiger partial charge < -0.3 is 0 Å². The molecule has 0 aromatic heterocycles. The van der Waals surface area contributed by atoms with Gasteiger partial charge in [0, 0.05) is 0 Å². The summed E-state index contributed by atoms with van der Waals surface area (Å²) in [5.74, 6) is 18.7. The molecule has 0 radical (unpaired) electrons. The van der Waals surface area contributed by atoms with Crippen LogP contribution >= 0.6 is 0 Å². The van der Waals surface area contributed by atoms with E-state index in [1.54, 1.807) is 128 Å². The van der Waals surface area contributed by atoms with E-state index in [1.807, 2.05) is 0 Å². The third-order valence-electron chi connectivity index (χ3n) is 16.2. The molecule has 0 bridgehead atoms. The first kappa shape index (κ1) is 22.8. The Morgan fingerprint density at radius 2 is 0.417 bits per heavy atom. The van der Waals surface area contributed by atoms with Crippen LogP contribution in [0.2, 0.25) is 0 Å². The molecular weight excluding hydrogens is 432 g/mol. The van der Waals surface area contributed by atoms with Gasteiger partial charge in [0.15, 0.2) is 0 Å². The molecule has 0 amide bonds. The van der Waals surface area contributed by atoms with Crippen LogP contribution in [0.1, 0.15) is 128 Å².